The molecule has 1 aromatic carbocycles. The standard InChI is InChI=1S/C24H30N4O4/c1-14(2)28-11-17(9-23(28)30)24(31)27-12-19(16-5-7-18(32-4)8-6-16)20(13-27)21-10-22(29)26-15(3)25-21/h5-8,10,14,17,19-20H,9,11-13H2,1-4H3,(H,25,26,29)/t17?,19-,20+/m0/s1. The molecule has 2 aromatic rings. The smallest absolute Gasteiger partial charge is 0.251 e. The highest BCUT2D eigenvalue weighted by Crippen LogP contribution is 2.40. The van der Waals surface area contributed by atoms with Crippen molar-refractivity contribution in [2.75, 3.05) is 26.7 Å². The zero-order valence-corrected chi connectivity index (χ0v) is 19.0. The molecule has 8 nitrogen and oxygen atoms in total. The summed E-state index contributed by atoms with van der Waals surface area (Å²) in [7, 11) is 1.63. The van der Waals surface area contributed by atoms with Crippen LogP contribution < -0.4 is 10.3 Å². The average molecular weight is 439 g/mol. The summed E-state index contributed by atoms with van der Waals surface area (Å²) >= 11 is 0. The zero-order valence-electron chi connectivity index (χ0n) is 19.0. The van der Waals surface area contributed by atoms with Gasteiger partial charge >= 0.3 is 0 Å². The first-order chi connectivity index (χ1) is 15.3. The Kier molecular flexibility index (Phi) is 6.04. The van der Waals surface area contributed by atoms with Crippen molar-refractivity contribution in [3.63, 3.8) is 0 Å². The summed E-state index contributed by atoms with van der Waals surface area (Å²) in [6.07, 6.45) is 0.258. The molecule has 8 heteroatoms. The molecule has 2 fully saturated rings. The van der Waals surface area contributed by atoms with Crippen LogP contribution >= 0.6 is 0 Å². The quantitative estimate of drug-likeness (QED) is 0.771. The van der Waals surface area contributed by atoms with Crippen molar-refractivity contribution in [1.82, 2.24) is 19.8 Å². The number of rotatable bonds is 5. The maximum absolute atomic E-state index is 13.4. The van der Waals surface area contributed by atoms with E-state index < -0.39 is 0 Å². The van der Waals surface area contributed by atoms with E-state index >= 15 is 0 Å². The molecule has 0 saturated carbocycles. The maximum atomic E-state index is 13.4. The molecule has 2 amide bonds. The molecular formula is C24H30N4O4. The van der Waals surface area contributed by atoms with Crippen LogP contribution in [0, 0.1) is 12.8 Å². The van der Waals surface area contributed by atoms with E-state index in [9.17, 15) is 14.4 Å². The Morgan fingerprint density at radius 2 is 1.81 bits per heavy atom. The number of H-pyrrole nitrogens is 1. The minimum absolute atomic E-state index is 0.00291. The van der Waals surface area contributed by atoms with Crippen molar-refractivity contribution >= 4 is 11.8 Å². The lowest BCUT2D eigenvalue weighted by Gasteiger charge is -2.23. The van der Waals surface area contributed by atoms with Gasteiger partial charge in [0.1, 0.15) is 11.6 Å². The first-order valence-electron chi connectivity index (χ1n) is 11.1. The van der Waals surface area contributed by atoms with Crippen LogP contribution in [0.1, 0.15) is 49.2 Å². The van der Waals surface area contributed by atoms with Gasteiger partial charge in [-0.15, -0.1) is 0 Å². The molecule has 0 aliphatic carbocycles. The zero-order chi connectivity index (χ0) is 23.0. The second kappa shape index (κ2) is 8.76. The summed E-state index contributed by atoms with van der Waals surface area (Å²) < 4.78 is 5.28. The lowest BCUT2D eigenvalue weighted by atomic mass is 9.86. The number of amides is 2. The topological polar surface area (TPSA) is 95.6 Å². The van der Waals surface area contributed by atoms with E-state index in [1.165, 1.54) is 6.07 Å². The van der Waals surface area contributed by atoms with Crippen LogP contribution in [0.3, 0.4) is 0 Å². The lowest BCUT2D eigenvalue weighted by Crippen LogP contribution is -2.37. The fourth-order valence-corrected chi connectivity index (χ4v) is 4.92. The number of benzene rings is 1. The molecular weight excluding hydrogens is 408 g/mol. The van der Waals surface area contributed by atoms with Crippen molar-refractivity contribution in [1.29, 1.82) is 0 Å². The van der Waals surface area contributed by atoms with Gasteiger partial charge in [0.05, 0.1) is 18.7 Å². The number of aromatic amines is 1. The van der Waals surface area contributed by atoms with Crippen LogP contribution in [0.2, 0.25) is 0 Å². The molecule has 1 unspecified atom stereocenters. The van der Waals surface area contributed by atoms with Gasteiger partial charge in [0.25, 0.3) is 5.56 Å². The minimum Gasteiger partial charge on any atom is -0.497 e. The van der Waals surface area contributed by atoms with E-state index in [2.05, 4.69) is 9.97 Å². The summed E-state index contributed by atoms with van der Waals surface area (Å²) in [6, 6.07) is 9.44. The first-order valence-corrected chi connectivity index (χ1v) is 11.1. The molecule has 0 spiro atoms. The van der Waals surface area contributed by atoms with Gasteiger partial charge in [-0.25, -0.2) is 4.98 Å². The molecule has 4 rings (SSSR count). The summed E-state index contributed by atoms with van der Waals surface area (Å²) in [5.74, 6) is 0.925. The van der Waals surface area contributed by atoms with E-state index in [0.717, 1.165) is 11.3 Å². The van der Waals surface area contributed by atoms with Gasteiger partial charge in [-0.05, 0) is 38.5 Å². The van der Waals surface area contributed by atoms with E-state index in [0.29, 0.717) is 31.2 Å². The molecule has 0 bridgehead atoms. The summed E-state index contributed by atoms with van der Waals surface area (Å²) in [4.78, 5) is 48.8. The Morgan fingerprint density at radius 3 is 2.41 bits per heavy atom. The van der Waals surface area contributed by atoms with Gasteiger partial charge in [-0.3, -0.25) is 14.4 Å². The second-order valence-electron chi connectivity index (χ2n) is 9.03. The second-order valence-corrected chi connectivity index (χ2v) is 9.03. The first kappa shape index (κ1) is 22.0. The van der Waals surface area contributed by atoms with Crippen molar-refractivity contribution in [3.8, 4) is 5.75 Å². The van der Waals surface area contributed by atoms with Crippen LogP contribution in [-0.4, -0.2) is 64.4 Å². The summed E-state index contributed by atoms with van der Waals surface area (Å²) in [5, 5.41) is 0. The number of carbonyl (C=O) groups excluding carboxylic acids is 2. The predicted molar refractivity (Wildman–Crippen MR) is 120 cm³/mol. The number of likely N-dealkylation sites (tertiary alicyclic amines) is 2. The van der Waals surface area contributed by atoms with Gasteiger partial charge in [0.2, 0.25) is 11.8 Å². The number of aryl methyl sites for hydroxylation is 1. The lowest BCUT2D eigenvalue weighted by molar-refractivity contribution is -0.135. The Balaban J connectivity index is 1.62. The highest BCUT2D eigenvalue weighted by Gasteiger charge is 2.43. The third-order valence-electron chi connectivity index (χ3n) is 6.57. The Hall–Kier alpha value is -3.16. The largest absolute Gasteiger partial charge is 0.497 e. The SMILES string of the molecule is COc1ccc([C@@H]2CN(C(=O)C3CC(=O)N(C(C)C)C3)C[C@H]2c2cc(=O)[nH]c(C)n2)cc1. The van der Waals surface area contributed by atoms with E-state index in [1.807, 2.05) is 43.0 Å². The summed E-state index contributed by atoms with van der Waals surface area (Å²) in [5.41, 5.74) is 1.56. The minimum atomic E-state index is -0.325. The number of carbonyl (C=O) groups is 2. The third-order valence-corrected chi connectivity index (χ3v) is 6.57. The normalized spacial score (nSPS) is 23.3. The van der Waals surface area contributed by atoms with Crippen molar-refractivity contribution in [2.24, 2.45) is 5.92 Å². The van der Waals surface area contributed by atoms with Gasteiger partial charge < -0.3 is 19.5 Å². The van der Waals surface area contributed by atoms with Gasteiger partial charge in [-0.1, -0.05) is 12.1 Å². The van der Waals surface area contributed by atoms with Gasteiger partial charge in [-0.2, -0.15) is 0 Å². The highest BCUT2D eigenvalue weighted by atomic mass is 16.5. The number of nitrogens with zero attached hydrogens (tertiary/aromatic N) is 3. The Morgan fingerprint density at radius 1 is 1.12 bits per heavy atom. The molecule has 32 heavy (non-hydrogen) atoms. The van der Waals surface area contributed by atoms with Gasteiger partial charge in [0.15, 0.2) is 0 Å². The van der Waals surface area contributed by atoms with E-state index in [1.54, 1.807) is 18.9 Å². The van der Waals surface area contributed by atoms with Crippen LogP contribution in [-0.2, 0) is 9.59 Å². The fraction of sp³-hybridized carbons (Fsp3) is 0.500. The number of methoxy groups -OCH3 is 1. The van der Waals surface area contributed by atoms with Crippen LogP contribution in [0.5, 0.6) is 5.75 Å². The Labute approximate surface area is 187 Å². The molecule has 0 radical (unpaired) electrons. The molecule has 3 atom stereocenters. The Bertz CT molecular complexity index is 1060. The van der Waals surface area contributed by atoms with Crippen LogP contribution in [0.4, 0.5) is 0 Å². The molecule has 1 N–H and O–H groups in total. The van der Waals surface area contributed by atoms with Crippen molar-refractivity contribution in [3.05, 3.63) is 57.8 Å². The molecule has 2 aliphatic heterocycles. The average Bonchev–Trinajstić information content (AvgIpc) is 3.37. The van der Waals surface area contributed by atoms with Crippen LogP contribution in [0.15, 0.2) is 35.1 Å². The number of aromatic nitrogens is 2. The predicted octanol–water partition coefficient (Wildman–Crippen LogP) is 2.05. The van der Waals surface area contributed by atoms with E-state index in [4.69, 9.17) is 4.74 Å². The third kappa shape index (κ3) is 4.26. The monoisotopic (exact) mass is 438 g/mol. The molecule has 170 valence electrons. The fourth-order valence-electron chi connectivity index (χ4n) is 4.92. The van der Waals surface area contributed by atoms with Crippen molar-refractivity contribution in [2.45, 2.75) is 45.1 Å². The number of hydrogen-bond donors (Lipinski definition) is 1. The number of hydrogen-bond acceptors (Lipinski definition) is 5. The molecule has 2 saturated heterocycles. The number of ether oxygens (including phenoxy) is 1. The number of nitrogens with one attached hydrogen (secondary N) is 1. The molecule has 3 heterocycles. The van der Waals surface area contributed by atoms with Gasteiger partial charge in [0, 0.05) is 50.0 Å². The van der Waals surface area contributed by atoms with E-state index in [-0.39, 0.29) is 47.6 Å². The summed E-state index contributed by atoms with van der Waals surface area (Å²) in [6.45, 7) is 7.16. The van der Waals surface area contributed by atoms with Crippen LogP contribution in [0.25, 0.3) is 0 Å². The highest BCUT2D eigenvalue weighted by molar-refractivity contribution is 5.89. The maximum Gasteiger partial charge on any atom is 0.251 e. The van der Waals surface area contributed by atoms with Crippen molar-refractivity contribution < 1.29 is 14.3 Å². The molecule has 1 aromatic heterocycles. The molecule has 2 aliphatic rings.